The summed E-state index contributed by atoms with van der Waals surface area (Å²) in [5, 5.41) is 13.5. The van der Waals surface area contributed by atoms with E-state index >= 15 is 0 Å². The molecule has 0 aliphatic heterocycles. The lowest BCUT2D eigenvalue weighted by Crippen LogP contribution is -2.08. The van der Waals surface area contributed by atoms with Crippen molar-refractivity contribution in [1.82, 2.24) is 0 Å². The van der Waals surface area contributed by atoms with E-state index in [-0.39, 0.29) is 12.4 Å². The number of nitrogens with one attached hydrogen (secondary N) is 1. The summed E-state index contributed by atoms with van der Waals surface area (Å²) < 4.78 is 9.77. The number of benzene rings is 1. The number of carbonyl (C=O) groups is 1. The number of anilines is 1. The summed E-state index contributed by atoms with van der Waals surface area (Å²) in [5.74, 6) is -0.367. The van der Waals surface area contributed by atoms with Crippen LogP contribution >= 0.6 is 0 Å². The zero-order chi connectivity index (χ0) is 15.4. The second kappa shape index (κ2) is 6.08. The van der Waals surface area contributed by atoms with Crippen LogP contribution in [-0.2, 0) is 11.3 Å². The second-order valence-electron chi connectivity index (χ2n) is 4.39. The van der Waals surface area contributed by atoms with Crippen molar-refractivity contribution >= 4 is 17.5 Å². The topological polar surface area (TPSA) is 94.6 Å². The van der Waals surface area contributed by atoms with Crippen LogP contribution in [0.15, 0.2) is 34.7 Å². The molecule has 1 heterocycles. The van der Waals surface area contributed by atoms with E-state index in [2.05, 4.69) is 5.32 Å². The van der Waals surface area contributed by atoms with Crippen LogP contribution in [0.2, 0.25) is 0 Å². The molecular weight excluding hydrogens is 276 g/mol. The van der Waals surface area contributed by atoms with E-state index in [4.69, 9.17) is 9.15 Å². The van der Waals surface area contributed by atoms with Crippen molar-refractivity contribution in [2.45, 2.75) is 13.5 Å². The first-order chi connectivity index (χ1) is 10.0. The van der Waals surface area contributed by atoms with E-state index < -0.39 is 10.9 Å². The van der Waals surface area contributed by atoms with Crippen molar-refractivity contribution in [2.24, 2.45) is 0 Å². The van der Waals surface area contributed by atoms with Gasteiger partial charge in [0.15, 0.2) is 0 Å². The van der Waals surface area contributed by atoms with Crippen LogP contribution in [0.3, 0.4) is 0 Å². The smallest absolute Gasteiger partial charge is 0.433 e. The number of aryl methyl sites for hydroxylation is 1. The van der Waals surface area contributed by atoms with Gasteiger partial charge in [0.1, 0.15) is 10.7 Å². The fourth-order valence-electron chi connectivity index (χ4n) is 1.83. The van der Waals surface area contributed by atoms with Gasteiger partial charge >= 0.3 is 11.9 Å². The number of nitrogens with zero attached hydrogens (tertiary/aromatic N) is 1. The fourth-order valence-corrected chi connectivity index (χ4v) is 1.83. The minimum atomic E-state index is -0.602. The molecule has 0 radical (unpaired) electrons. The molecule has 0 fully saturated rings. The summed E-state index contributed by atoms with van der Waals surface area (Å²) in [4.78, 5) is 21.7. The van der Waals surface area contributed by atoms with Crippen LogP contribution < -0.4 is 5.32 Å². The molecule has 7 nitrogen and oxygen atoms in total. The number of nitro groups is 1. The predicted octanol–water partition coefficient (Wildman–Crippen LogP) is 2.89. The Morgan fingerprint density at radius 2 is 2.14 bits per heavy atom. The molecule has 1 aromatic heterocycles. The van der Waals surface area contributed by atoms with Crippen molar-refractivity contribution in [3.63, 3.8) is 0 Å². The molecule has 0 bridgehead atoms. The molecule has 0 spiro atoms. The number of methoxy groups -OCH3 is 1. The normalized spacial score (nSPS) is 10.2. The quantitative estimate of drug-likeness (QED) is 0.517. The molecule has 1 aromatic carbocycles. The summed E-state index contributed by atoms with van der Waals surface area (Å²) in [6, 6.07) is 8.10. The van der Waals surface area contributed by atoms with Crippen LogP contribution in [0.5, 0.6) is 0 Å². The molecule has 2 rings (SSSR count). The highest BCUT2D eigenvalue weighted by Gasteiger charge is 2.14. The van der Waals surface area contributed by atoms with Gasteiger partial charge in [-0.2, -0.15) is 0 Å². The standard InChI is InChI=1S/C14H14N2O5/c1-9-3-5-12(11(7-9)14(17)20-2)15-8-10-4-6-13(21-10)16(18)19/h3-7,15H,8H2,1-2H3. The Labute approximate surface area is 120 Å². The van der Waals surface area contributed by atoms with Gasteiger partial charge in [-0.3, -0.25) is 10.1 Å². The maximum atomic E-state index is 11.7. The number of esters is 1. The number of hydrogen-bond acceptors (Lipinski definition) is 6. The molecule has 0 atom stereocenters. The first kappa shape index (κ1) is 14.6. The molecule has 0 unspecified atom stereocenters. The zero-order valence-electron chi connectivity index (χ0n) is 11.6. The maximum absolute atomic E-state index is 11.7. The van der Waals surface area contributed by atoms with E-state index in [0.29, 0.717) is 17.0 Å². The zero-order valence-corrected chi connectivity index (χ0v) is 11.6. The van der Waals surface area contributed by atoms with Gasteiger partial charge in [-0.25, -0.2) is 4.79 Å². The average Bonchev–Trinajstić information content (AvgIpc) is 2.94. The minimum Gasteiger partial charge on any atom is -0.465 e. The molecule has 1 N–H and O–H groups in total. The van der Waals surface area contributed by atoms with E-state index in [9.17, 15) is 14.9 Å². The third kappa shape index (κ3) is 3.38. The van der Waals surface area contributed by atoms with Gasteiger partial charge in [-0.15, -0.1) is 0 Å². The largest absolute Gasteiger partial charge is 0.465 e. The molecule has 0 amide bonds. The van der Waals surface area contributed by atoms with Gasteiger partial charge < -0.3 is 14.5 Å². The van der Waals surface area contributed by atoms with Crippen LogP contribution in [0, 0.1) is 17.0 Å². The third-order valence-electron chi connectivity index (χ3n) is 2.86. The number of carbonyl (C=O) groups excluding carboxylic acids is 1. The van der Waals surface area contributed by atoms with Gasteiger partial charge in [0, 0.05) is 5.69 Å². The van der Waals surface area contributed by atoms with Crippen LogP contribution in [-0.4, -0.2) is 18.0 Å². The van der Waals surface area contributed by atoms with Crippen molar-refractivity contribution in [3.8, 4) is 0 Å². The van der Waals surface area contributed by atoms with Crippen LogP contribution in [0.4, 0.5) is 11.6 Å². The van der Waals surface area contributed by atoms with Gasteiger partial charge in [0.2, 0.25) is 0 Å². The molecule has 0 saturated heterocycles. The monoisotopic (exact) mass is 290 g/mol. The van der Waals surface area contributed by atoms with Crippen molar-refractivity contribution < 1.29 is 18.9 Å². The molecule has 0 aliphatic carbocycles. The molecule has 2 aromatic rings. The van der Waals surface area contributed by atoms with Gasteiger partial charge in [0.05, 0.1) is 25.3 Å². The third-order valence-corrected chi connectivity index (χ3v) is 2.86. The first-order valence-corrected chi connectivity index (χ1v) is 6.17. The fraction of sp³-hybridized carbons (Fsp3) is 0.214. The summed E-state index contributed by atoms with van der Waals surface area (Å²) in [6.07, 6.45) is 0. The molecular formula is C14H14N2O5. The lowest BCUT2D eigenvalue weighted by Gasteiger charge is -2.10. The predicted molar refractivity (Wildman–Crippen MR) is 75.2 cm³/mol. The first-order valence-electron chi connectivity index (χ1n) is 6.17. The van der Waals surface area contributed by atoms with E-state index in [0.717, 1.165) is 5.56 Å². The van der Waals surface area contributed by atoms with E-state index in [1.54, 1.807) is 12.1 Å². The Bertz CT molecular complexity index is 678. The average molecular weight is 290 g/mol. The van der Waals surface area contributed by atoms with Gasteiger partial charge in [-0.1, -0.05) is 11.6 Å². The van der Waals surface area contributed by atoms with Gasteiger partial charge in [-0.05, 0) is 25.1 Å². The maximum Gasteiger partial charge on any atom is 0.433 e. The Morgan fingerprint density at radius 3 is 2.76 bits per heavy atom. The van der Waals surface area contributed by atoms with Crippen LogP contribution in [0.25, 0.3) is 0 Å². The SMILES string of the molecule is COC(=O)c1cc(C)ccc1NCc1ccc([N+](=O)[O-])o1. The molecule has 0 aliphatic rings. The Kier molecular flexibility index (Phi) is 4.22. The lowest BCUT2D eigenvalue weighted by molar-refractivity contribution is -0.402. The molecule has 0 saturated carbocycles. The van der Waals surface area contributed by atoms with E-state index in [1.165, 1.54) is 19.2 Å². The van der Waals surface area contributed by atoms with Crippen molar-refractivity contribution in [1.29, 1.82) is 0 Å². The second-order valence-corrected chi connectivity index (χ2v) is 4.39. The highest BCUT2D eigenvalue weighted by Crippen LogP contribution is 2.21. The Balaban J connectivity index is 2.15. The van der Waals surface area contributed by atoms with E-state index in [1.807, 2.05) is 13.0 Å². The summed E-state index contributed by atoms with van der Waals surface area (Å²) in [5.41, 5.74) is 1.90. The van der Waals surface area contributed by atoms with Crippen LogP contribution in [0.1, 0.15) is 21.7 Å². The highest BCUT2D eigenvalue weighted by atomic mass is 16.6. The molecule has 21 heavy (non-hydrogen) atoms. The van der Waals surface area contributed by atoms with Crippen molar-refractivity contribution in [3.05, 3.63) is 57.3 Å². The van der Waals surface area contributed by atoms with Crippen molar-refractivity contribution in [2.75, 3.05) is 12.4 Å². The van der Waals surface area contributed by atoms with Gasteiger partial charge in [0.25, 0.3) is 0 Å². The molecule has 7 heteroatoms. The minimum absolute atomic E-state index is 0.223. The number of ether oxygens (including phenoxy) is 1. The summed E-state index contributed by atoms with van der Waals surface area (Å²) in [6.45, 7) is 2.09. The molecule has 110 valence electrons. The number of rotatable bonds is 5. The number of furan rings is 1. The Hall–Kier alpha value is -2.83. The highest BCUT2D eigenvalue weighted by molar-refractivity contribution is 5.95. The lowest BCUT2D eigenvalue weighted by atomic mass is 10.1. The Morgan fingerprint density at radius 1 is 1.38 bits per heavy atom. The summed E-state index contributed by atoms with van der Waals surface area (Å²) >= 11 is 0. The summed E-state index contributed by atoms with van der Waals surface area (Å²) in [7, 11) is 1.31. The number of hydrogen-bond donors (Lipinski definition) is 1.